The number of benzene rings is 1. The third-order valence-corrected chi connectivity index (χ3v) is 2.79. The summed E-state index contributed by atoms with van der Waals surface area (Å²) >= 11 is 0. The zero-order chi connectivity index (χ0) is 14.8. The van der Waals surface area contributed by atoms with Crippen molar-refractivity contribution in [3.63, 3.8) is 0 Å². The van der Waals surface area contributed by atoms with E-state index >= 15 is 0 Å². The van der Waals surface area contributed by atoms with Crippen LogP contribution in [0.3, 0.4) is 0 Å². The van der Waals surface area contributed by atoms with Crippen LogP contribution in [0.15, 0.2) is 24.3 Å². The van der Waals surface area contributed by atoms with Gasteiger partial charge in [0.05, 0.1) is 17.8 Å². The standard InChI is InChI=1S/C12H13F3N2O3/c13-12(14,15)20-10-4-2-1-3-8(10)17-11(19)9-5-7(18)6-16-9/h1-4,7,9,16,18H,5-6H2,(H,17,19). The number of hydrogen-bond donors (Lipinski definition) is 3. The van der Waals surface area contributed by atoms with E-state index in [0.717, 1.165) is 6.07 Å². The number of hydrogen-bond acceptors (Lipinski definition) is 4. The van der Waals surface area contributed by atoms with Gasteiger partial charge >= 0.3 is 6.36 Å². The molecule has 1 aliphatic rings. The molecule has 0 spiro atoms. The molecule has 0 aromatic heterocycles. The van der Waals surface area contributed by atoms with Crippen molar-refractivity contribution in [2.24, 2.45) is 0 Å². The Morgan fingerprint density at radius 1 is 1.40 bits per heavy atom. The average molecular weight is 290 g/mol. The van der Waals surface area contributed by atoms with Gasteiger partial charge in [0, 0.05) is 6.54 Å². The van der Waals surface area contributed by atoms with Gasteiger partial charge in [-0.25, -0.2) is 0 Å². The predicted octanol–water partition coefficient (Wildman–Crippen LogP) is 1.25. The highest BCUT2D eigenvalue weighted by molar-refractivity contribution is 5.96. The minimum atomic E-state index is -4.83. The van der Waals surface area contributed by atoms with Crippen LogP contribution in [-0.4, -0.2) is 36.1 Å². The molecule has 2 atom stereocenters. The Morgan fingerprint density at radius 2 is 2.10 bits per heavy atom. The van der Waals surface area contributed by atoms with Gasteiger partial charge in [-0.2, -0.15) is 0 Å². The van der Waals surface area contributed by atoms with Crippen LogP contribution in [-0.2, 0) is 4.79 Å². The van der Waals surface area contributed by atoms with E-state index in [-0.39, 0.29) is 18.7 Å². The van der Waals surface area contributed by atoms with Gasteiger partial charge < -0.3 is 20.5 Å². The maximum Gasteiger partial charge on any atom is 0.573 e. The maximum atomic E-state index is 12.2. The number of alkyl halides is 3. The number of ether oxygens (including phenoxy) is 1. The predicted molar refractivity (Wildman–Crippen MR) is 64.2 cm³/mol. The second-order valence-corrected chi connectivity index (χ2v) is 4.38. The second-order valence-electron chi connectivity index (χ2n) is 4.38. The molecule has 5 nitrogen and oxygen atoms in total. The highest BCUT2D eigenvalue weighted by atomic mass is 19.4. The second kappa shape index (κ2) is 5.68. The average Bonchev–Trinajstić information content (AvgIpc) is 2.77. The molecule has 1 aromatic rings. The fourth-order valence-corrected chi connectivity index (χ4v) is 1.92. The summed E-state index contributed by atoms with van der Waals surface area (Å²) in [4.78, 5) is 11.9. The van der Waals surface area contributed by atoms with Crippen molar-refractivity contribution in [1.29, 1.82) is 0 Å². The summed E-state index contributed by atoms with van der Waals surface area (Å²) in [6.45, 7) is 0.277. The lowest BCUT2D eigenvalue weighted by atomic mass is 10.2. The van der Waals surface area contributed by atoms with Gasteiger partial charge in [-0.15, -0.1) is 13.2 Å². The van der Waals surface area contributed by atoms with Crippen LogP contribution in [0, 0.1) is 0 Å². The minimum absolute atomic E-state index is 0.0713. The van der Waals surface area contributed by atoms with E-state index in [0.29, 0.717) is 0 Å². The Hall–Kier alpha value is -1.80. The summed E-state index contributed by atoms with van der Waals surface area (Å²) in [5.41, 5.74) is -0.0713. The van der Waals surface area contributed by atoms with Crippen molar-refractivity contribution in [3.8, 4) is 5.75 Å². The van der Waals surface area contributed by atoms with E-state index in [2.05, 4.69) is 15.4 Å². The fraction of sp³-hybridized carbons (Fsp3) is 0.417. The van der Waals surface area contributed by atoms with Crippen LogP contribution in [0.5, 0.6) is 5.75 Å². The largest absolute Gasteiger partial charge is 0.573 e. The number of carbonyl (C=O) groups excluding carboxylic acids is 1. The number of rotatable bonds is 3. The van der Waals surface area contributed by atoms with E-state index in [1.54, 1.807) is 0 Å². The number of aliphatic hydroxyl groups is 1. The summed E-state index contributed by atoms with van der Waals surface area (Å²) in [6, 6.07) is 4.64. The smallest absolute Gasteiger partial charge is 0.404 e. The Labute approximate surface area is 112 Å². The van der Waals surface area contributed by atoms with Gasteiger partial charge in [-0.1, -0.05) is 12.1 Å². The van der Waals surface area contributed by atoms with Crippen LogP contribution in [0.2, 0.25) is 0 Å². The van der Waals surface area contributed by atoms with E-state index in [1.807, 2.05) is 0 Å². The van der Waals surface area contributed by atoms with E-state index in [4.69, 9.17) is 0 Å². The van der Waals surface area contributed by atoms with Gasteiger partial charge in [0.15, 0.2) is 5.75 Å². The van der Waals surface area contributed by atoms with Gasteiger partial charge in [0.25, 0.3) is 0 Å². The first kappa shape index (κ1) is 14.6. The third kappa shape index (κ3) is 3.84. The van der Waals surface area contributed by atoms with Crippen molar-refractivity contribution < 1.29 is 27.8 Å². The Bertz CT molecular complexity index is 493. The molecule has 1 aliphatic heterocycles. The number of amides is 1. The lowest BCUT2D eigenvalue weighted by Crippen LogP contribution is -2.35. The normalized spacial score (nSPS) is 22.6. The SMILES string of the molecule is O=C(Nc1ccccc1OC(F)(F)F)C1CC(O)CN1. The molecule has 0 saturated carbocycles. The molecule has 8 heteroatoms. The van der Waals surface area contributed by atoms with Gasteiger partial charge in [0.2, 0.25) is 5.91 Å². The number of carbonyl (C=O) groups is 1. The first-order valence-electron chi connectivity index (χ1n) is 5.92. The number of halogens is 3. The Morgan fingerprint density at radius 3 is 2.70 bits per heavy atom. The highest BCUT2D eigenvalue weighted by Crippen LogP contribution is 2.30. The van der Waals surface area contributed by atoms with Crippen molar-refractivity contribution in [3.05, 3.63) is 24.3 Å². The summed E-state index contributed by atoms with van der Waals surface area (Å²) in [6.07, 6.45) is -5.25. The number of anilines is 1. The van der Waals surface area contributed by atoms with E-state index in [1.165, 1.54) is 18.2 Å². The number of para-hydroxylation sites is 2. The van der Waals surface area contributed by atoms with Gasteiger partial charge in [0.1, 0.15) is 0 Å². The molecule has 0 radical (unpaired) electrons. The van der Waals surface area contributed by atoms with Crippen LogP contribution in [0.1, 0.15) is 6.42 Å². The van der Waals surface area contributed by atoms with Crippen molar-refractivity contribution in [2.75, 3.05) is 11.9 Å². The van der Waals surface area contributed by atoms with E-state index in [9.17, 15) is 23.1 Å². The van der Waals surface area contributed by atoms with Gasteiger partial charge in [-0.3, -0.25) is 4.79 Å². The zero-order valence-electron chi connectivity index (χ0n) is 10.3. The lowest BCUT2D eigenvalue weighted by molar-refractivity contribution is -0.274. The molecule has 2 unspecified atom stereocenters. The highest BCUT2D eigenvalue weighted by Gasteiger charge is 2.33. The van der Waals surface area contributed by atoms with Crippen LogP contribution >= 0.6 is 0 Å². The van der Waals surface area contributed by atoms with Gasteiger partial charge in [-0.05, 0) is 18.6 Å². The molecule has 1 fully saturated rings. The first-order valence-corrected chi connectivity index (χ1v) is 5.92. The maximum absolute atomic E-state index is 12.2. The molecule has 3 N–H and O–H groups in total. The molecule has 2 rings (SSSR count). The monoisotopic (exact) mass is 290 g/mol. The van der Waals surface area contributed by atoms with Crippen LogP contribution < -0.4 is 15.4 Å². The summed E-state index contributed by atoms with van der Waals surface area (Å²) in [5, 5.41) is 14.4. The quantitative estimate of drug-likeness (QED) is 0.783. The van der Waals surface area contributed by atoms with Crippen molar-refractivity contribution >= 4 is 11.6 Å². The first-order chi connectivity index (χ1) is 9.35. The minimum Gasteiger partial charge on any atom is -0.404 e. The molecule has 1 saturated heterocycles. The summed E-state index contributed by atoms with van der Waals surface area (Å²) in [7, 11) is 0. The fourth-order valence-electron chi connectivity index (χ4n) is 1.92. The molecular formula is C12H13F3N2O3. The molecule has 1 aromatic carbocycles. The van der Waals surface area contributed by atoms with Crippen molar-refractivity contribution in [1.82, 2.24) is 5.32 Å². The summed E-state index contributed by atoms with van der Waals surface area (Å²) in [5.74, 6) is -0.994. The number of aliphatic hydroxyl groups excluding tert-OH is 1. The Kier molecular flexibility index (Phi) is 4.15. The molecular weight excluding hydrogens is 277 g/mol. The molecule has 0 bridgehead atoms. The molecule has 1 heterocycles. The van der Waals surface area contributed by atoms with Crippen molar-refractivity contribution in [2.45, 2.75) is 24.9 Å². The zero-order valence-corrected chi connectivity index (χ0v) is 10.3. The van der Waals surface area contributed by atoms with Crippen LogP contribution in [0.25, 0.3) is 0 Å². The molecule has 110 valence electrons. The van der Waals surface area contributed by atoms with Crippen LogP contribution in [0.4, 0.5) is 18.9 Å². The summed E-state index contributed by atoms with van der Waals surface area (Å²) < 4.78 is 40.5. The van der Waals surface area contributed by atoms with E-state index < -0.39 is 30.2 Å². The molecule has 0 aliphatic carbocycles. The third-order valence-electron chi connectivity index (χ3n) is 2.79. The number of nitrogens with one attached hydrogen (secondary N) is 2. The molecule has 1 amide bonds. The number of β-amino-alcohol motifs (C(OH)–C–C–N with tert-alkyl or cyclic N) is 1. The Balaban J connectivity index is 2.07. The molecule has 20 heavy (non-hydrogen) atoms. The topological polar surface area (TPSA) is 70.6 Å². The lowest BCUT2D eigenvalue weighted by Gasteiger charge is -2.15.